The molecule has 218 valence electrons. The number of benzene rings is 7. The van der Waals surface area contributed by atoms with E-state index < -0.39 is 0 Å². The fraction of sp³-hybridized carbons (Fsp3) is 0. The highest BCUT2D eigenvalue weighted by atomic mass is 15.1. The van der Waals surface area contributed by atoms with Gasteiger partial charge in [0.2, 0.25) is 0 Å². The molecule has 0 unspecified atom stereocenters. The average Bonchev–Trinajstić information content (AvgIpc) is 3.50. The number of hydrogen-bond donors (Lipinski definition) is 0. The molecule has 0 saturated carbocycles. The summed E-state index contributed by atoms with van der Waals surface area (Å²) in [6.45, 7) is 0. The Labute approximate surface area is 271 Å². The topological polar surface area (TPSA) is 30.7 Å². The lowest BCUT2D eigenvalue weighted by molar-refractivity contribution is 1.09. The van der Waals surface area contributed by atoms with Crippen LogP contribution in [0, 0.1) is 0 Å². The Morgan fingerprint density at radius 1 is 0.426 bits per heavy atom. The van der Waals surface area contributed by atoms with Crippen molar-refractivity contribution in [2.45, 2.75) is 0 Å². The van der Waals surface area contributed by atoms with E-state index in [0.717, 1.165) is 22.6 Å². The summed E-state index contributed by atoms with van der Waals surface area (Å²) in [6.07, 6.45) is 3.64. The fourth-order valence-electron chi connectivity index (χ4n) is 7.59. The number of fused-ring (bicyclic) bond motifs is 11. The zero-order valence-corrected chi connectivity index (χ0v) is 25.4. The highest BCUT2D eigenvalue weighted by molar-refractivity contribution is 6.37. The third kappa shape index (κ3) is 3.87. The molecule has 3 heterocycles. The van der Waals surface area contributed by atoms with E-state index in [2.05, 4.69) is 149 Å². The van der Waals surface area contributed by atoms with Gasteiger partial charge in [-0.1, -0.05) is 109 Å². The Bertz CT molecular complexity index is 2850. The van der Waals surface area contributed by atoms with E-state index >= 15 is 0 Å². The van der Waals surface area contributed by atoms with Crippen LogP contribution >= 0.6 is 0 Å². The van der Waals surface area contributed by atoms with Crippen LogP contribution in [0.2, 0.25) is 0 Å². The van der Waals surface area contributed by atoms with Gasteiger partial charge in [-0.05, 0) is 91.3 Å². The van der Waals surface area contributed by atoms with E-state index in [-0.39, 0.29) is 0 Å². The molecule has 0 aliphatic rings. The first-order chi connectivity index (χ1) is 23.3. The van der Waals surface area contributed by atoms with Crippen molar-refractivity contribution in [3.63, 3.8) is 0 Å². The molecule has 3 heteroatoms. The Balaban J connectivity index is 1.40. The molecule has 0 N–H and O–H groups in total. The zero-order valence-electron chi connectivity index (χ0n) is 25.4. The molecule has 0 fully saturated rings. The molecule has 0 bridgehead atoms. The van der Waals surface area contributed by atoms with Crippen LogP contribution in [-0.2, 0) is 0 Å². The maximum absolute atomic E-state index is 5.28. The minimum atomic E-state index is 0.893. The number of aromatic nitrogens is 3. The largest absolute Gasteiger partial charge is 0.293 e. The quantitative estimate of drug-likeness (QED) is 0.190. The van der Waals surface area contributed by atoms with Crippen molar-refractivity contribution in [1.82, 2.24) is 14.5 Å². The van der Waals surface area contributed by atoms with Gasteiger partial charge in [-0.15, -0.1) is 0 Å². The maximum Gasteiger partial charge on any atom is 0.138 e. The van der Waals surface area contributed by atoms with E-state index in [0.29, 0.717) is 0 Å². The molecule has 3 nitrogen and oxygen atoms in total. The van der Waals surface area contributed by atoms with Crippen molar-refractivity contribution < 1.29 is 0 Å². The summed E-state index contributed by atoms with van der Waals surface area (Å²) in [5.74, 6) is 0.893. The highest BCUT2D eigenvalue weighted by Crippen LogP contribution is 2.46. The molecule has 0 radical (unpaired) electrons. The average molecular weight is 598 g/mol. The Kier molecular flexibility index (Phi) is 5.57. The van der Waals surface area contributed by atoms with Gasteiger partial charge in [0, 0.05) is 34.1 Å². The van der Waals surface area contributed by atoms with E-state index in [1.807, 2.05) is 24.5 Å². The van der Waals surface area contributed by atoms with Crippen molar-refractivity contribution >= 4 is 64.9 Å². The first-order valence-corrected chi connectivity index (χ1v) is 16.0. The highest BCUT2D eigenvalue weighted by Gasteiger charge is 2.22. The van der Waals surface area contributed by atoms with Crippen molar-refractivity contribution in [2.75, 3.05) is 0 Å². The lowest BCUT2D eigenvalue weighted by atomic mass is 9.88. The second kappa shape index (κ2) is 10.1. The Morgan fingerprint density at radius 2 is 1.09 bits per heavy atom. The molecule has 0 amide bonds. The molecular weight excluding hydrogens is 571 g/mol. The number of pyridine rings is 2. The molecule has 3 aromatic heterocycles. The van der Waals surface area contributed by atoms with E-state index in [9.17, 15) is 0 Å². The molecule has 7 aromatic carbocycles. The minimum Gasteiger partial charge on any atom is -0.293 e. The smallest absolute Gasteiger partial charge is 0.138 e. The summed E-state index contributed by atoms with van der Waals surface area (Å²) in [5.41, 5.74) is 6.75. The summed E-state index contributed by atoms with van der Waals surface area (Å²) >= 11 is 0. The fourth-order valence-corrected chi connectivity index (χ4v) is 7.59. The second-order valence-corrected chi connectivity index (χ2v) is 12.2. The van der Waals surface area contributed by atoms with Crippen LogP contribution in [0.3, 0.4) is 0 Å². The molecule has 47 heavy (non-hydrogen) atoms. The first-order valence-electron chi connectivity index (χ1n) is 16.0. The molecule has 0 saturated heterocycles. The third-order valence-electron chi connectivity index (χ3n) is 9.64. The molecule has 0 atom stereocenters. The van der Waals surface area contributed by atoms with Gasteiger partial charge in [-0.3, -0.25) is 9.55 Å². The normalized spacial score (nSPS) is 11.8. The summed E-state index contributed by atoms with van der Waals surface area (Å²) in [7, 11) is 0. The number of rotatable bonds is 3. The van der Waals surface area contributed by atoms with Gasteiger partial charge in [0.05, 0.1) is 16.7 Å². The third-order valence-corrected chi connectivity index (χ3v) is 9.64. The number of hydrogen-bond acceptors (Lipinski definition) is 2. The lowest BCUT2D eigenvalue weighted by Gasteiger charge is -2.17. The van der Waals surface area contributed by atoms with Gasteiger partial charge < -0.3 is 0 Å². The first kappa shape index (κ1) is 26.0. The van der Waals surface area contributed by atoms with Crippen LogP contribution in [0.1, 0.15) is 0 Å². The van der Waals surface area contributed by atoms with Crippen LogP contribution in [0.15, 0.2) is 164 Å². The van der Waals surface area contributed by atoms with Crippen molar-refractivity contribution in [3.05, 3.63) is 164 Å². The second-order valence-electron chi connectivity index (χ2n) is 12.2. The van der Waals surface area contributed by atoms with Gasteiger partial charge in [0.1, 0.15) is 5.82 Å². The van der Waals surface area contributed by atoms with Gasteiger partial charge in [0.25, 0.3) is 0 Å². The van der Waals surface area contributed by atoms with Crippen LogP contribution in [-0.4, -0.2) is 14.5 Å². The molecule has 0 spiro atoms. The van der Waals surface area contributed by atoms with Gasteiger partial charge in [-0.2, -0.15) is 0 Å². The monoisotopic (exact) mass is 597 g/mol. The number of para-hydroxylation sites is 1. The Hall–Kier alpha value is -6.32. The number of nitrogens with zero attached hydrogens (tertiary/aromatic N) is 3. The predicted octanol–water partition coefficient (Wildman–Crippen LogP) is 11.5. The van der Waals surface area contributed by atoms with E-state index in [4.69, 9.17) is 4.98 Å². The summed E-state index contributed by atoms with van der Waals surface area (Å²) < 4.78 is 2.38. The van der Waals surface area contributed by atoms with Crippen LogP contribution in [0.4, 0.5) is 0 Å². The molecule has 10 aromatic rings. The van der Waals surface area contributed by atoms with Crippen LogP contribution in [0.5, 0.6) is 0 Å². The Morgan fingerprint density at radius 3 is 1.91 bits per heavy atom. The lowest BCUT2D eigenvalue weighted by Crippen LogP contribution is -1.99. The SMILES string of the molecule is c1cc(-c2ccncc2)nc(-n2c3ccccc3c3c4ccccc4c4cc(-c5ccc6ccccc6c5)c5ccccc5c4c32)c1. The van der Waals surface area contributed by atoms with Gasteiger partial charge >= 0.3 is 0 Å². The van der Waals surface area contributed by atoms with Gasteiger partial charge in [-0.25, -0.2) is 4.98 Å². The molecular formula is C44H27N3. The molecule has 10 rings (SSSR count). The van der Waals surface area contributed by atoms with Crippen LogP contribution < -0.4 is 0 Å². The van der Waals surface area contributed by atoms with Crippen LogP contribution in [0.25, 0.3) is 93.1 Å². The van der Waals surface area contributed by atoms with Gasteiger partial charge in [0.15, 0.2) is 0 Å². The van der Waals surface area contributed by atoms with E-state index in [1.165, 1.54) is 70.5 Å². The molecule has 0 aliphatic heterocycles. The summed E-state index contributed by atoms with van der Waals surface area (Å²) in [6, 6.07) is 54.7. The van der Waals surface area contributed by atoms with Crippen molar-refractivity contribution in [3.8, 4) is 28.2 Å². The standard InChI is InChI=1S/C44H27N3/c1-2-11-30-26-31(21-20-28(30)10-1)37-27-38-33-13-4-6-15-35(33)42-36-16-7-8-18-40(36)47(44(42)43(38)34-14-5-3-12-32(34)37)41-19-9-17-39(46-41)29-22-24-45-25-23-29/h1-27H. The maximum atomic E-state index is 5.28. The molecule has 0 aliphatic carbocycles. The predicted molar refractivity (Wildman–Crippen MR) is 197 cm³/mol. The summed E-state index contributed by atoms with van der Waals surface area (Å²) in [5, 5.41) is 12.4. The van der Waals surface area contributed by atoms with Crippen molar-refractivity contribution in [2.24, 2.45) is 0 Å². The zero-order chi connectivity index (χ0) is 30.9. The summed E-state index contributed by atoms with van der Waals surface area (Å²) in [4.78, 5) is 9.51. The van der Waals surface area contributed by atoms with Crippen molar-refractivity contribution in [1.29, 1.82) is 0 Å². The minimum absolute atomic E-state index is 0.893. The van der Waals surface area contributed by atoms with E-state index in [1.54, 1.807) is 0 Å².